The molecule has 0 bridgehead atoms. The highest BCUT2D eigenvalue weighted by atomic mass is 32.2. The van der Waals surface area contributed by atoms with E-state index in [2.05, 4.69) is 12.1 Å². The van der Waals surface area contributed by atoms with Crippen LogP contribution < -0.4 is 0 Å². The number of carbonyl (C=O) groups excluding carboxylic acids is 1. The molecule has 3 rings (SSSR count). The van der Waals surface area contributed by atoms with E-state index >= 15 is 0 Å². The molecule has 2 aliphatic rings. The molecular formula is C19H28N2O3S. The van der Waals surface area contributed by atoms with Gasteiger partial charge in [-0.3, -0.25) is 4.79 Å². The topological polar surface area (TPSA) is 57.7 Å². The smallest absolute Gasteiger partial charge is 0.230 e. The first kappa shape index (κ1) is 18.4. The molecule has 1 heterocycles. The van der Waals surface area contributed by atoms with Crippen molar-refractivity contribution in [2.45, 2.75) is 51.0 Å². The van der Waals surface area contributed by atoms with E-state index in [1.54, 1.807) is 4.31 Å². The first-order chi connectivity index (χ1) is 11.9. The second kappa shape index (κ2) is 7.46. The number of benzene rings is 1. The summed E-state index contributed by atoms with van der Waals surface area (Å²) >= 11 is 0. The van der Waals surface area contributed by atoms with Gasteiger partial charge in [0.25, 0.3) is 0 Å². The Labute approximate surface area is 151 Å². The summed E-state index contributed by atoms with van der Waals surface area (Å²) in [4.78, 5) is 15.0. The lowest BCUT2D eigenvalue weighted by molar-refractivity contribution is -0.134. The third-order valence-corrected chi connectivity index (χ3v) is 7.00. The van der Waals surface area contributed by atoms with Crippen LogP contribution in [-0.2, 0) is 21.2 Å². The van der Waals surface area contributed by atoms with Gasteiger partial charge >= 0.3 is 0 Å². The standard InChI is InChI=1S/C19H28N2O3S/c1-3-21(25(2,23)24)16-11-13-20(14-12-16)19(22)18-10-6-8-15-7-4-5-9-17(15)18/h4-5,7,9,16,18H,3,6,8,10-14H2,1-2H3. The lowest BCUT2D eigenvalue weighted by Gasteiger charge is -2.39. The van der Waals surface area contributed by atoms with Crippen molar-refractivity contribution in [3.05, 3.63) is 35.4 Å². The minimum atomic E-state index is -3.18. The van der Waals surface area contributed by atoms with Crippen molar-refractivity contribution in [1.29, 1.82) is 0 Å². The van der Waals surface area contributed by atoms with Crippen LogP contribution in [0.2, 0.25) is 0 Å². The molecule has 0 radical (unpaired) electrons. The summed E-state index contributed by atoms with van der Waals surface area (Å²) in [5.74, 6) is 0.187. The molecule has 1 aliphatic heterocycles. The second-order valence-electron chi connectivity index (χ2n) is 7.17. The number of carbonyl (C=O) groups is 1. The Bertz CT molecular complexity index is 724. The van der Waals surface area contributed by atoms with Crippen molar-refractivity contribution in [1.82, 2.24) is 9.21 Å². The number of hydrogen-bond acceptors (Lipinski definition) is 3. The summed E-state index contributed by atoms with van der Waals surface area (Å²) in [6.07, 6.45) is 5.75. The zero-order valence-corrected chi connectivity index (χ0v) is 16.0. The summed E-state index contributed by atoms with van der Waals surface area (Å²) in [5.41, 5.74) is 2.49. The fourth-order valence-corrected chi connectivity index (χ4v) is 5.59. The molecule has 1 aliphatic carbocycles. The molecule has 0 N–H and O–H groups in total. The number of sulfonamides is 1. The van der Waals surface area contributed by atoms with Crippen molar-refractivity contribution < 1.29 is 13.2 Å². The van der Waals surface area contributed by atoms with Crippen LogP contribution in [0.5, 0.6) is 0 Å². The Morgan fingerprint density at radius 2 is 1.88 bits per heavy atom. The highest BCUT2D eigenvalue weighted by Crippen LogP contribution is 2.33. The lowest BCUT2D eigenvalue weighted by atomic mass is 9.82. The van der Waals surface area contributed by atoms with Gasteiger partial charge in [-0.05, 0) is 43.2 Å². The molecule has 138 valence electrons. The number of nitrogens with zero attached hydrogens (tertiary/aromatic N) is 2. The predicted octanol–water partition coefficient (Wildman–Crippen LogP) is 2.38. The Hall–Kier alpha value is -1.40. The van der Waals surface area contributed by atoms with Gasteiger partial charge in [0, 0.05) is 25.7 Å². The van der Waals surface area contributed by atoms with E-state index in [4.69, 9.17) is 0 Å². The summed E-state index contributed by atoms with van der Waals surface area (Å²) < 4.78 is 25.4. The van der Waals surface area contributed by atoms with Gasteiger partial charge in [0.15, 0.2) is 0 Å². The molecule has 1 aromatic carbocycles. The summed E-state index contributed by atoms with van der Waals surface area (Å²) in [6, 6.07) is 8.30. The van der Waals surface area contributed by atoms with E-state index in [1.165, 1.54) is 17.4 Å². The maximum Gasteiger partial charge on any atom is 0.230 e. The van der Waals surface area contributed by atoms with Gasteiger partial charge in [0.05, 0.1) is 12.2 Å². The highest BCUT2D eigenvalue weighted by molar-refractivity contribution is 7.88. The van der Waals surface area contributed by atoms with E-state index in [1.807, 2.05) is 24.0 Å². The van der Waals surface area contributed by atoms with Crippen molar-refractivity contribution >= 4 is 15.9 Å². The van der Waals surface area contributed by atoms with Crippen molar-refractivity contribution in [3.8, 4) is 0 Å². The molecule has 1 saturated heterocycles. The molecular weight excluding hydrogens is 336 g/mol. The molecule has 5 nitrogen and oxygen atoms in total. The average molecular weight is 365 g/mol. The SMILES string of the molecule is CCN(C1CCN(C(=O)C2CCCc3ccccc32)CC1)S(C)(=O)=O. The molecule has 0 spiro atoms. The van der Waals surface area contributed by atoms with Gasteiger partial charge in [-0.2, -0.15) is 4.31 Å². The van der Waals surface area contributed by atoms with Gasteiger partial charge < -0.3 is 4.90 Å². The van der Waals surface area contributed by atoms with Crippen LogP contribution in [0.3, 0.4) is 0 Å². The molecule has 0 aromatic heterocycles. The largest absolute Gasteiger partial charge is 0.342 e. The monoisotopic (exact) mass is 364 g/mol. The molecule has 6 heteroatoms. The fraction of sp³-hybridized carbons (Fsp3) is 0.632. The number of amides is 1. The number of rotatable bonds is 4. The third kappa shape index (κ3) is 3.90. The average Bonchev–Trinajstić information content (AvgIpc) is 2.60. The Balaban J connectivity index is 1.67. The van der Waals surface area contributed by atoms with Gasteiger partial charge in [-0.1, -0.05) is 31.2 Å². The molecule has 1 fully saturated rings. The van der Waals surface area contributed by atoms with Gasteiger partial charge in [-0.15, -0.1) is 0 Å². The zero-order valence-electron chi connectivity index (χ0n) is 15.1. The van der Waals surface area contributed by atoms with Crippen molar-refractivity contribution in [2.75, 3.05) is 25.9 Å². The quantitative estimate of drug-likeness (QED) is 0.824. The molecule has 25 heavy (non-hydrogen) atoms. The van der Waals surface area contributed by atoms with E-state index in [0.29, 0.717) is 19.6 Å². The zero-order chi connectivity index (χ0) is 18.0. The van der Waals surface area contributed by atoms with Gasteiger partial charge in [0.2, 0.25) is 15.9 Å². The number of aryl methyl sites for hydroxylation is 1. The van der Waals surface area contributed by atoms with E-state index in [0.717, 1.165) is 32.1 Å². The Morgan fingerprint density at radius 1 is 1.20 bits per heavy atom. The predicted molar refractivity (Wildman–Crippen MR) is 98.9 cm³/mol. The van der Waals surface area contributed by atoms with E-state index in [-0.39, 0.29) is 17.9 Å². The summed E-state index contributed by atoms with van der Waals surface area (Å²) in [5, 5.41) is 0. The molecule has 1 amide bonds. The lowest BCUT2D eigenvalue weighted by Crippen LogP contribution is -2.49. The molecule has 0 saturated carbocycles. The van der Waals surface area contributed by atoms with E-state index in [9.17, 15) is 13.2 Å². The van der Waals surface area contributed by atoms with Crippen molar-refractivity contribution in [3.63, 3.8) is 0 Å². The maximum atomic E-state index is 13.1. The van der Waals surface area contributed by atoms with Crippen LogP contribution in [0.4, 0.5) is 0 Å². The number of likely N-dealkylation sites (tertiary alicyclic amines) is 1. The van der Waals surface area contributed by atoms with Gasteiger partial charge in [-0.25, -0.2) is 8.42 Å². The van der Waals surface area contributed by atoms with Crippen LogP contribution in [0.15, 0.2) is 24.3 Å². The van der Waals surface area contributed by atoms with Crippen LogP contribution in [0.25, 0.3) is 0 Å². The summed E-state index contributed by atoms with van der Waals surface area (Å²) in [6.45, 7) is 3.66. The fourth-order valence-electron chi connectivity index (χ4n) is 4.37. The summed E-state index contributed by atoms with van der Waals surface area (Å²) in [7, 11) is -3.18. The maximum absolute atomic E-state index is 13.1. The first-order valence-corrected chi connectivity index (χ1v) is 11.1. The number of fused-ring (bicyclic) bond motifs is 1. The van der Waals surface area contributed by atoms with Gasteiger partial charge in [0.1, 0.15) is 0 Å². The number of hydrogen-bond donors (Lipinski definition) is 0. The van der Waals surface area contributed by atoms with E-state index < -0.39 is 10.0 Å². The normalized spacial score (nSPS) is 22.0. The number of piperidine rings is 1. The van der Waals surface area contributed by atoms with Crippen LogP contribution in [0.1, 0.15) is 49.7 Å². The molecule has 1 unspecified atom stereocenters. The van der Waals surface area contributed by atoms with Crippen LogP contribution in [0, 0.1) is 0 Å². The highest BCUT2D eigenvalue weighted by Gasteiger charge is 2.34. The first-order valence-electron chi connectivity index (χ1n) is 9.25. The van der Waals surface area contributed by atoms with Crippen molar-refractivity contribution in [2.24, 2.45) is 0 Å². The molecule has 1 atom stereocenters. The Kier molecular flexibility index (Phi) is 5.49. The van der Waals surface area contributed by atoms with Crippen LogP contribution >= 0.6 is 0 Å². The van der Waals surface area contributed by atoms with Crippen LogP contribution in [-0.4, -0.2) is 55.5 Å². The second-order valence-corrected chi connectivity index (χ2v) is 9.10. The molecule has 1 aromatic rings. The third-order valence-electron chi connectivity index (χ3n) is 5.59. The Morgan fingerprint density at radius 3 is 2.52 bits per heavy atom. The minimum absolute atomic E-state index is 0.0164. The minimum Gasteiger partial charge on any atom is -0.342 e.